The third kappa shape index (κ3) is 2.92. The molecule has 0 aliphatic heterocycles. The summed E-state index contributed by atoms with van der Waals surface area (Å²) in [6, 6.07) is 14.3. The number of phenolic OH excluding ortho intramolecular Hbond substituents is 1. The molecule has 0 aliphatic rings. The molecular weight excluding hydrogens is 467 g/mol. The summed E-state index contributed by atoms with van der Waals surface area (Å²) in [6.07, 6.45) is 0. The standard InChI is InChI=1S/C27H11F5O3/c28-21-20(22(29)24(31)25(32)23(21)30)19-17-5-1-11-9-13(33)3-7-15(11)26(17)35-27-16-8-4-14(34)10-12(16)2-6-18(19)27/h1-10,33H. The van der Waals surface area contributed by atoms with Gasteiger partial charge < -0.3 is 9.52 Å². The van der Waals surface area contributed by atoms with Gasteiger partial charge in [0.25, 0.3) is 0 Å². The zero-order chi connectivity index (χ0) is 24.6. The quantitative estimate of drug-likeness (QED) is 0.0886. The van der Waals surface area contributed by atoms with Gasteiger partial charge in [-0.2, -0.15) is 0 Å². The molecule has 0 amide bonds. The van der Waals surface area contributed by atoms with Crippen molar-refractivity contribution in [2.24, 2.45) is 0 Å². The van der Waals surface area contributed by atoms with Crippen molar-refractivity contribution in [2.45, 2.75) is 0 Å². The minimum absolute atomic E-state index is 0.0361. The molecule has 8 heteroatoms. The predicted molar refractivity (Wildman–Crippen MR) is 122 cm³/mol. The molecule has 0 bridgehead atoms. The zero-order valence-electron chi connectivity index (χ0n) is 17.4. The summed E-state index contributed by atoms with van der Waals surface area (Å²) in [5.41, 5.74) is -1.43. The molecule has 0 unspecified atom stereocenters. The highest BCUT2D eigenvalue weighted by molar-refractivity contribution is 6.19. The molecule has 3 nitrogen and oxygen atoms in total. The van der Waals surface area contributed by atoms with Crippen molar-refractivity contribution in [1.82, 2.24) is 0 Å². The molecule has 1 heterocycles. The van der Waals surface area contributed by atoms with Crippen LogP contribution in [0.15, 0.2) is 69.9 Å². The molecule has 1 N–H and O–H groups in total. The summed E-state index contributed by atoms with van der Waals surface area (Å²) < 4.78 is 78.6. The van der Waals surface area contributed by atoms with Gasteiger partial charge in [-0.25, -0.2) is 22.0 Å². The molecule has 0 atom stereocenters. The van der Waals surface area contributed by atoms with Crippen LogP contribution >= 0.6 is 0 Å². The lowest BCUT2D eigenvalue weighted by atomic mass is 9.92. The molecule has 6 rings (SSSR count). The number of hydrogen-bond acceptors (Lipinski definition) is 3. The fourth-order valence-corrected chi connectivity index (χ4v) is 4.52. The Labute approximate surface area is 192 Å². The number of hydrogen-bond donors (Lipinski definition) is 1. The van der Waals surface area contributed by atoms with Crippen LogP contribution in [0.25, 0.3) is 54.6 Å². The van der Waals surface area contributed by atoms with E-state index < -0.39 is 34.6 Å². The fourth-order valence-electron chi connectivity index (χ4n) is 4.52. The second-order valence-electron chi connectivity index (χ2n) is 8.09. The van der Waals surface area contributed by atoms with Crippen LogP contribution in [0.3, 0.4) is 0 Å². The highest BCUT2D eigenvalue weighted by Crippen LogP contribution is 2.44. The Balaban J connectivity index is 1.93. The summed E-state index contributed by atoms with van der Waals surface area (Å²) in [5, 5.41) is 11.9. The number of rotatable bonds is 1. The van der Waals surface area contributed by atoms with Gasteiger partial charge in [0.15, 0.2) is 28.7 Å². The van der Waals surface area contributed by atoms with Crippen LogP contribution in [0.1, 0.15) is 0 Å². The third-order valence-electron chi connectivity index (χ3n) is 6.10. The lowest BCUT2D eigenvalue weighted by molar-refractivity contribution is 0.381. The van der Waals surface area contributed by atoms with E-state index in [1.54, 1.807) is 6.07 Å². The maximum Gasteiger partial charge on any atom is 0.200 e. The Hall–Kier alpha value is -4.46. The zero-order valence-corrected chi connectivity index (χ0v) is 17.4. The Bertz CT molecular complexity index is 1910. The average molecular weight is 478 g/mol. The number of fused-ring (bicyclic) bond motifs is 6. The van der Waals surface area contributed by atoms with Crippen LogP contribution in [0.2, 0.25) is 0 Å². The van der Waals surface area contributed by atoms with Gasteiger partial charge in [0.1, 0.15) is 16.9 Å². The molecular formula is C27H11F5O3. The van der Waals surface area contributed by atoms with Crippen LogP contribution in [0.5, 0.6) is 5.75 Å². The van der Waals surface area contributed by atoms with Crippen molar-refractivity contribution in [2.75, 3.05) is 0 Å². The van der Waals surface area contributed by atoms with Crippen molar-refractivity contribution >= 4 is 43.5 Å². The molecule has 0 radical (unpaired) electrons. The third-order valence-corrected chi connectivity index (χ3v) is 6.10. The van der Waals surface area contributed by atoms with Gasteiger partial charge in [-0.3, -0.25) is 4.79 Å². The molecule has 35 heavy (non-hydrogen) atoms. The van der Waals surface area contributed by atoms with Crippen LogP contribution in [-0.4, -0.2) is 5.11 Å². The lowest BCUT2D eigenvalue weighted by Crippen LogP contribution is -2.05. The summed E-state index contributed by atoms with van der Waals surface area (Å²) in [4.78, 5) is 11.9. The van der Waals surface area contributed by atoms with Gasteiger partial charge in [-0.1, -0.05) is 12.1 Å². The van der Waals surface area contributed by atoms with E-state index in [0.717, 1.165) is 0 Å². The van der Waals surface area contributed by atoms with Gasteiger partial charge in [-0.05, 0) is 59.3 Å². The van der Waals surface area contributed by atoms with Gasteiger partial charge in [0.2, 0.25) is 5.82 Å². The monoisotopic (exact) mass is 478 g/mol. The van der Waals surface area contributed by atoms with Crippen molar-refractivity contribution in [3.8, 4) is 16.9 Å². The van der Waals surface area contributed by atoms with Gasteiger partial charge in [0, 0.05) is 27.1 Å². The average Bonchev–Trinajstić information content (AvgIpc) is 2.85. The van der Waals surface area contributed by atoms with Crippen molar-refractivity contribution in [1.29, 1.82) is 0 Å². The van der Waals surface area contributed by atoms with Gasteiger partial charge in [0.05, 0.1) is 5.56 Å². The first-order chi connectivity index (χ1) is 16.8. The van der Waals surface area contributed by atoms with Crippen LogP contribution in [0.4, 0.5) is 22.0 Å². The van der Waals surface area contributed by atoms with Crippen LogP contribution < -0.4 is 5.43 Å². The molecule has 5 aromatic carbocycles. The van der Waals surface area contributed by atoms with Gasteiger partial charge in [-0.15, -0.1) is 0 Å². The molecule has 0 fully saturated rings. The van der Waals surface area contributed by atoms with E-state index in [2.05, 4.69) is 0 Å². The van der Waals surface area contributed by atoms with E-state index in [9.17, 15) is 23.1 Å². The highest BCUT2D eigenvalue weighted by atomic mass is 19.2. The second kappa shape index (κ2) is 7.27. The molecule has 6 aromatic rings. The Morgan fingerprint density at radius 1 is 0.543 bits per heavy atom. The van der Waals surface area contributed by atoms with Crippen LogP contribution in [-0.2, 0) is 0 Å². The smallest absolute Gasteiger partial charge is 0.200 e. The Morgan fingerprint density at radius 2 is 1.03 bits per heavy atom. The lowest BCUT2D eigenvalue weighted by Gasteiger charge is -2.16. The van der Waals surface area contributed by atoms with E-state index >= 15 is 8.78 Å². The number of phenols is 1. The summed E-state index contributed by atoms with van der Waals surface area (Å²) in [6.45, 7) is 0. The van der Waals surface area contributed by atoms with Crippen molar-refractivity contribution < 1.29 is 31.5 Å². The van der Waals surface area contributed by atoms with E-state index in [-0.39, 0.29) is 38.7 Å². The number of halogens is 5. The second-order valence-corrected chi connectivity index (χ2v) is 8.09. The predicted octanol–water partition coefficient (Wildman–Crippen LogP) is 7.32. The summed E-state index contributed by atoms with van der Waals surface area (Å²) >= 11 is 0. The molecule has 1 aromatic heterocycles. The van der Waals surface area contributed by atoms with Crippen molar-refractivity contribution in [3.63, 3.8) is 0 Å². The van der Waals surface area contributed by atoms with Crippen molar-refractivity contribution in [3.05, 3.63) is 100.0 Å². The van der Waals surface area contributed by atoms with E-state index in [1.807, 2.05) is 0 Å². The minimum Gasteiger partial charge on any atom is -0.508 e. The molecule has 0 saturated carbocycles. The summed E-state index contributed by atoms with van der Waals surface area (Å²) in [5.74, 6) is -10.4. The Morgan fingerprint density at radius 3 is 1.63 bits per heavy atom. The molecule has 0 aliphatic carbocycles. The van der Waals surface area contributed by atoms with E-state index in [4.69, 9.17) is 4.42 Å². The first-order valence-corrected chi connectivity index (χ1v) is 10.3. The maximum atomic E-state index is 15.1. The highest BCUT2D eigenvalue weighted by Gasteiger charge is 2.29. The largest absolute Gasteiger partial charge is 0.508 e. The molecule has 0 saturated heterocycles. The Kier molecular flexibility index (Phi) is 4.38. The topological polar surface area (TPSA) is 50.4 Å². The molecule has 0 spiro atoms. The summed E-state index contributed by atoms with van der Waals surface area (Å²) in [7, 11) is 0. The first-order valence-electron chi connectivity index (χ1n) is 10.3. The maximum absolute atomic E-state index is 15.1. The normalized spacial score (nSPS) is 11.8. The van der Waals surface area contributed by atoms with E-state index in [0.29, 0.717) is 21.5 Å². The minimum atomic E-state index is -2.26. The van der Waals surface area contributed by atoms with E-state index in [1.165, 1.54) is 54.6 Å². The number of benzene rings is 5. The SMILES string of the molecule is O=c1ccc2c(ccc3c(-c4c(F)c(F)c(F)c(F)c4F)c4ccc5cc(O)ccc5c4oc32)c1. The molecule has 172 valence electrons. The first kappa shape index (κ1) is 21.1. The number of aromatic hydroxyl groups is 1. The van der Waals surface area contributed by atoms with Crippen LogP contribution in [0, 0.1) is 29.1 Å². The van der Waals surface area contributed by atoms with Gasteiger partial charge >= 0.3 is 0 Å². The fraction of sp³-hybridized carbons (Fsp3) is 0.